The molecule has 0 amide bonds. The van der Waals surface area contributed by atoms with Gasteiger partial charge in [-0.25, -0.2) is 0 Å². The highest BCUT2D eigenvalue weighted by Crippen LogP contribution is 2.20. The second kappa shape index (κ2) is 7.07. The molecule has 0 aliphatic carbocycles. The van der Waals surface area contributed by atoms with Gasteiger partial charge >= 0.3 is 0 Å². The Morgan fingerprint density at radius 3 is 2.60 bits per heavy atom. The van der Waals surface area contributed by atoms with Crippen molar-refractivity contribution in [3.63, 3.8) is 0 Å². The first-order valence-electron chi connectivity index (χ1n) is 7.47. The van der Waals surface area contributed by atoms with Crippen LogP contribution in [0.4, 0.5) is 0 Å². The SMILES string of the molecule is CCOc1ccc(C(N)CN2CCC(N(C)C)C2)cc1. The molecule has 0 bridgehead atoms. The standard InChI is InChI=1S/C16H27N3O/c1-4-20-15-7-5-13(6-8-15)16(17)12-19-10-9-14(11-19)18(2)3/h5-8,14,16H,4,9-12,17H2,1-3H3. The van der Waals surface area contributed by atoms with Gasteiger partial charge in [-0.2, -0.15) is 0 Å². The second-order valence-electron chi connectivity index (χ2n) is 5.77. The molecule has 4 nitrogen and oxygen atoms in total. The van der Waals surface area contributed by atoms with Crippen LogP contribution in [0.1, 0.15) is 24.9 Å². The fraction of sp³-hybridized carbons (Fsp3) is 0.625. The lowest BCUT2D eigenvalue weighted by molar-refractivity contribution is 0.260. The van der Waals surface area contributed by atoms with E-state index in [1.807, 2.05) is 19.1 Å². The zero-order valence-corrected chi connectivity index (χ0v) is 12.9. The Labute approximate surface area is 122 Å². The highest BCUT2D eigenvalue weighted by molar-refractivity contribution is 5.29. The highest BCUT2D eigenvalue weighted by atomic mass is 16.5. The Bertz CT molecular complexity index is 405. The van der Waals surface area contributed by atoms with Crippen LogP contribution in [0.3, 0.4) is 0 Å². The Balaban J connectivity index is 1.87. The lowest BCUT2D eigenvalue weighted by Crippen LogP contribution is -2.34. The van der Waals surface area contributed by atoms with Crippen LogP contribution >= 0.6 is 0 Å². The minimum absolute atomic E-state index is 0.0755. The Hall–Kier alpha value is -1.10. The highest BCUT2D eigenvalue weighted by Gasteiger charge is 2.25. The second-order valence-corrected chi connectivity index (χ2v) is 5.77. The molecule has 20 heavy (non-hydrogen) atoms. The molecule has 1 saturated heterocycles. The summed E-state index contributed by atoms with van der Waals surface area (Å²) in [5.74, 6) is 0.914. The van der Waals surface area contributed by atoms with Crippen molar-refractivity contribution in [1.29, 1.82) is 0 Å². The van der Waals surface area contributed by atoms with E-state index in [1.165, 1.54) is 12.0 Å². The van der Waals surface area contributed by atoms with Crippen LogP contribution in [0.2, 0.25) is 0 Å². The summed E-state index contributed by atoms with van der Waals surface area (Å²) < 4.78 is 5.46. The van der Waals surface area contributed by atoms with Crippen LogP contribution in [-0.4, -0.2) is 56.2 Å². The summed E-state index contributed by atoms with van der Waals surface area (Å²) in [5.41, 5.74) is 7.51. The van der Waals surface area contributed by atoms with Crippen molar-refractivity contribution in [2.75, 3.05) is 40.3 Å². The maximum atomic E-state index is 6.32. The van der Waals surface area contributed by atoms with Crippen LogP contribution in [-0.2, 0) is 0 Å². The molecule has 1 aromatic carbocycles. The molecule has 1 aliphatic heterocycles. The van der Waals surface area contributed by atoms with E-state index in [0.717, 1.165) is 25.4 Å². The van der Waals surface area contributed by atoms with Crippen LogP contribution in [0.5, 0.6) is 5.75 Å². The zero-order valence-electron chi connectivity index (χ0n) is 12.9. The summed E-state index contributed by atoms with van der Waals surface area (Å²) in [6.45, 7) is 5.89. The number of likely N-dealkylation sites (tertiary alicyclic amines) is 1. The quantitative estimate of drug-likeness (QED) is 0.860. The van der Waals surface area contributed by atoms with E-state index in [1.54, 1.807) is 0 Å². The molecule has 2 unspecified atom stereocenters. The smallest absolute Gasteiger partial charge is 0.119 e. The van der Waals surface area contributed by atoms with Gasteiger partial charge in [-0.15, -0.1) is 0 Å². The van der Waals surface area contributed by atoms with Gasteiger partial charge in [0.05, 0.1) is 6.61 Å². The van der Waals surface area contributed by atoms with E-state index in [-0.39, 0.29) is 6.04 Å². The average Bonchev–Trinajstić information content (AvgIpc) is 2.88. The lowest BCUT2D eigenvalue weighted by Gasteiger charge is -2.23. The van der Waals surface area contributed by atoms with Gasteiger partial charge in [0.25, 0.3) is 0 Å². The van der Waals surface area contributed by atoms with Crippen molar-refractivity contribution in [1.82, 2.24) is 9.80 Å². The number of likely N-dealkylation sites (N-methyl/N-ethyl adjacent to an activating group) is 1. The number of rotatable bonds is 6. The molecule has 2 N–H and O–H groups in total. The number of ether oxygens (including phenoxy) is 1. The molecule has 0 aromatic heterocycles. The van der Waals surface area contributed by atoms with E-state index in [0.29, 0.717) is 12.6 Å². The van der Waals surface area contributed by atoms with Gasteiger partial charge in [0.1, 0.15) is 5.75 Å². The minimum atomic E-state index is 0.0755. The molecule has 4 heteroatoms. The van der Waals surface area contributed by atoms with Crippen molar-refractivity contribution in [2.24, 2.45) is 5.73 Å². The van der Waals surface area contributed by atoms with Crippen molar-refractivity contribution in [3.8, 4) is 5.75 Å². The maximum Gasteiger partial charge on any atom is 0.119 e. The number of benzene rings is 1. The molecular weight excluding hydrogens is 250 g/mol. The third kappa shape index (κ3) is 3.95. The van der Waals surface area contributed by atoms with Gasteiger partial charge in [0, 0.05) is 25.2 Å². The van der Waals surface area contributed by atoms with Gasteiger partial charge in [-0.05, 0) is 51.7 Å². The predicted octanol–water partition coefficient (Wildman–Crippen LogP) is 1.72. The third-order valence-corrected chi connectivity index (χ3v) is 4.05. The number of nitrogens with two attached hydrogens (primary N) is 1. The van der Waals surface area contributed by atoms with Gasteiger partial charge in [-0.3, -0.25) is 4.90 Å². The fourth-order valence-electron chi connectivity index (χ4n) is 2.76. The summed E-state index contributed by atoms with van der Waals surface area (Å²) in [4.78, 5) is 4.77. The maximum absolute atomic E-state index is 6.32. The largest absolute Gasteiger partial charge is 0.494 e. The molecule has 0 radical (unpaired) electrons. The molecule has 1 aromatic rings. The first kappa shape index (κ1) is 15.3. The van der Waals surface area contributed by atoms with E-state index in [2.05, 4.69) is 36.0 Å². The molecule has 2 atom stereocenters. The predicted molar refractivity (Wildman–Crippen MR) is 83.1 cm³/mol. The summed E-state index contributed by atoms with van der Waals surface area (Å²) in [6, 6.07) is 8.91. The molecule has 0 spiro atoms. The van der Waals surface area contributed by atoms with Gasteiger partial charge in [0.15, 0.2) is 0 Å². The molecular formula is C16H27N3O. The van der Waals surface area contributed by atoms with E-state index >= 15 is 0 Å². The molecule has 1 heterocycles. The van der Waals surface area contributed by atoms with Crippen molar-refractivity contribution in [3.05, 3.63) is 29.8 Å². The van der Waals surface area contributed by atoms with Gasteiger partial charge in [0.2, 0.25) is 0 Å². The lowest BCUT2D eigenvalue weighted by atomic mass is 10.1. The minimum Gasteiger partial charge on any atom is -0.494 e. The molecule has 112 valence electrons. The molecule has 1 fully saturated rings. The topological polar surface area (TPSA) is 41.7 Å². The van der Waals surface area contributed by atoms with Gasteiger partial charge in [-0.1, -0.05) is 12.1 Å². The fourth-order valence-corrected chi connectivity index (χ4v) is 2.76. The van der Waals surface area contributed by atoms with E-state index in [4.69, 9.17) is 10.5 Å². The Morgan fingerprint density at radius 1 is 1.35 bits per heavy atom. The first-order valence-corrected chi connectivity index (χ1v) is 7.47. The van der Waals surface area contributed by atoms with Crippen LogP contribution in [0.15, 0.2) is 24.3 Å². The van der Waals surface area contributed by atoms with E-state index < -0.39 is 0 Å². The first-order chi connectivity index (χ1) is 9.60. The summed E-state index contributed by atoms with van der Waals surface area (Å²) in [7, 11) is 4.31. The summed E-state index contributed by atoms with van der Waals surface area (Å²) in [6.07, 6.45) is 1.24. The molecule has 2 rings (SSSR count). The van der Waals surface area contributed by atoms with Crippen molar-refractivity contribution < 1.29 is 4.74 Å². The number of nitrogens with zero attached hydrogens (tertiary/aromatic N) is 2. The normalized spacial score (nSPS) is 21.4. The number of hydrogen-bond acceptors (Lipinski definition) is 4. The molecule has 0 saturated carbocycles. The van der Waals surface area contributed by atoms with Crippen LogP contribution in [0, 0.1) is 0 Å². The van der Waals surface area contributed by atoms with Crippen LogP contribution < -0.4 is 10.5 Å². The third-order valence-electron chi connectivity index (χ3n) is 4.05. The summed E-state index contributed by atoms with van der Waals surface area (Å²) in [5, 5.41) is 0. The Morgan fingerprint density at radius 2 is 2.05 bits per heavy atom. The number of hydrogen-bond donors (Lipinski definition) is 1. The van der Waals surface area contributed by atoms with E-state index in [9.17, 15) is 0 Å². The van der Waals surface area contributed by atoms with Crippen LogP contribution in [0.25, 0.3) is 0 Å². The van der Waals surface area contributed by atoms with Crippen molar-refractivity contribution in [2.45, 2.75) is 25.4 Å². The summed E-state index contributed by atoms with van der Waals surface area (Å²) >= 11 is 0. The van der Waals surface area contributed by atoms with Crippen molar-refractivity contribution >= 4 is 0 Å². The van der Waals surface area contributed by atoms with Gasteiger partial charge < -0.3 is 15.4 Å². The monoisotopic (exact) mass is 277 g/mol. The Kier molecular flexibility index (Phi) is 5.40. The zero-order chi connectivity index (χ0) is 14.5. The molecule has 1 aliphatic rings. The average molecular weight is 277 g/mol.